The number of fused-ring (bicyclic) bond motifs is 5. The first-order valence-electron chi connectivity index (χ1n) is 13.6. The molecule has 4 rings (SSSR count). The van der Waals surface area contributed by atoms with Crippen LogP contribution in [0.5, 0.6) is 0 Å². The second-order valence-corrected chi connectivity index (χ2v) is 28.2. The molecule has 34 heavy (non-hydrogen) atoms. The standard InChI is InChI=1S/C28H50O3Si3/c1-27-16-14-20(29-32(3,4)5)18-24(27)25(30-33(6,7)8)19-21-22-12-13-26(31-34(9,10)11)28(22,2)17-15-23(21)27/h13-14,16,18,21-25H,12,15,17,19H2,1-11H3/t21?,22?,23?,24-,25+,27+,28-/m0/s1. The second-order valence-electron chi connectivity index (χ2n) is 14.9. The molecule has 2 fully saturated rings. The van der Waals surface area contributed by atoms with Crippen LogP contribution in [0.15, 0.2) is 35.8 Å². The normalized spacial score (nSPS) is 40.0. The maximum atomic E-state index is 7.00. The molecule has 4 aliphatic carbocycles. The summed E-state index contributed by atoms with van der Waals surface area (Å²) in [6, 6.07) is 0. The molecule has 4 aliphatic rings. The van der Waals surface area contributed by atoms with E-state index in [1.165, 1.54) is 31.4 Å². The van der Waals surface area contributed by atoms with E-state index in [9.17, 15) is 0 Å². The Balaban J connectivity index is 1.67. The molecule has 192 valence electrons. The number of hydrogen-bond donors (Lipinski definition) is 0. The molecule has 7 atom stereocenters. The van der Waals surface area contributed by atoms with Crippen molar-refractivity contribution in [2.24, 2.45) is 34.5 Å². The van der Waals surface area contributed by atoms with Crippen LogP contribution in [0.25, 0.3) is 0 Å². The maximum Gasteiger partial charge on any atom is 0.242 e. The third kappa shape index (κ3) is 5.12. The molecule has 2 saturated carbocycles. The van der Waals surface area contributed by atoms with Gasteiger partial charge in [0, 0.05) is 11.3 Å². The summed E-state index contributed by atoms with van der Waals surface area (Å²) in [5.74, 6) is 4.83. The molecule has 0 N–H and O–H groups in total. The highest BCUT2D eigenvalue weighted by atomic mass is 28.4. The van der Waals surface area contributed by atoms with E-state index < -0.39 is 25.0 Å². The Morgan fingerprint density at radius 1 is 0.853 bits per heavy atom. The fourth-order valence-corrected chi connectivity index (χ4v) is 10.5. The monoisotopic (exact) mass is 518 g/mol. The van der Waals surface area contributed by atoms with E-state index in [0.29, 0.717) is 23.7 Å². The quantitative estimate of drug-likeness (QED) is 0.331. The van der Waals surface area contributed by atoms with E-state index >= 15 is 0 Å². The van der Waals surface area contributed by atoms with Gasteiger partial charge in [-0.05, 0) is 126 Å². The first kappa shape index (κ1) is 26.5. The van der Waals surface area contributed by atoms with Gasteiger partial charge in [-0.3, -0.25) is 0 Å². The summed E-state index contributed by atoms with van der Waals surface area (Å²) in [6.07, 6.45) is 14.9. The smallest absolute Gasteiger partial charge is 0.242 e. The highest BCUT2D eigenvalue weighted by Crippen LogP contribution is 2.65. The number of rotatable bonds is 6. The maximum absolute atomic E-state index is 7.00. The van der Waals surface area contributed by atoms with Gasteiger partial charge in [0.05, 0.1) is 17.6 Å². The summed E-state index contributed by atoms with van der Waals surface area (Å²) in [5.41, 5.74) is 0.317. The molecule has 0 aromatic carbocycles. The van der Waals surface area contributed by atoms with Crippen LogP contribution in [0.2, 0.25) is 58.9 Å². The molecule has 0 saturated heterocycles. The highest BCUT2D eigenvalue weighted by molar-refractivity contribution is 6.70. The van der Waals surface area contributed by atoms with Crippen molar-refractivity contribution in [3.8, 4) is 0 Å². The van der Waals surface area contributed by atoms with Crippen molar-refractivity contribution >= 4 is 25.0 Å². The van der Waals surface area contributed by atoms with Gasteiger partial charge in [0.1, 0.15) is 0 Å². The molecule has 6 heteroatoms. The Hall–Kier alpha value is -0.569. The lowest BCUT2D eigenvalue weighted by Crippen LogP contribution is -2.57. The van der Waals surface area contributed by atoms with Crippen LogP contribution in [0.4, 0.5) is 0 Å². The minimum Gasteiger partial charge on any atom is -0.547 e. The van der Waals surface area contributed by atoms with Crippen molar-refractivity contribution in [2.75, 3.05) is 0 Å². The van der Waals surface area contributed by atoms with Crippen LogP contribution in [0, 0.1) is 34.5 Å². The van der Waals surface area contributed by atoms with Gasteiger partial charge in [-0.2, -0.15) is 0 Å². The van der Waals surface area contributed by atoms with E-state index in [0.717, 1.165) is 5.76 Å². The van der Waals surface area contributed by atoms with Gasteiger partial charge in [-0.15, -0.1) is 0 Å². The van der Waals surface area contributed by atoms with Gasteiger partial charge in [0.15, 0.2) is 8.32 Å². The van der Waals surface area contributed by atoms with Crippen molar-refractivity contribution in [2.45, 2.75) is 105 Å². The first-order valence-corrected chi connectivity index (χ1v) is 23.8. The average molecular weight is 519 g/mol. The number of allylic oxidation sites excluding steroid dienone is 4. The van der Waals surface area contributed by atoms with Crippen molar-refractivity contribution in [3.63, 3.8) is 0 Å². The molecule has 0 aromatic heterocycles. The molecule has 3 nitrogen and oxygen atoms in total. The van der Waals surface area contributed by atoms with Crippen LogP contribution in [-0.2, 0) is 13.3 Å². The molecule has 0 bridgehead atoms. The van der Waals surface area contributed by atoms with Gasteiger partial charge >= 0.3 is 0 Å². The summed E-state index contributed by atoms with van der Waals surface area (Å²) >= 11 is 0. The van der Waals surface area contributed by atoms with Gasteiger partial charge in [0.25, 0.3) is 0 Å². The van der Waals surface area contributed by atoms with E-state index in [2.05, 4.69) is 97.1 Å². The Kier molecular flexibility index (Phi) is 6.62. The van der Waals surface area contributed by atoms with Gasteiger partial charge in [0.2, 0.25) is 16.6 Å². The first-order chi connectivity index (χ1) is 15.4. The van der Waals surface area contributed by atoms with E-state index in [1.54, 1.807) is 0 Å². The van der Waals surface area contributed by atoms with Crippen molar-refractivity contribution in [3.05, 3.63) is 35.8 Å². The second kappa shape index (κ2) is 8.49. The van der Waals surface area contributed by atoms with Crippen LogP contribution in [0.3, 0.4) is 0 Å². The van der Waals surface area contributed by atoms with E-state index in [-0.39, 0.29) is 16.9 Å². The summed E-state index contributed by atoms with van der Waals surface area (Å²) in [7, 11) is -4.97. The third-order valence-corrected chi connectivity index (χ3v) is 11.4. The van der Waals surface area contributed by atoms with Crippen molar-refractivity contribution < 1.29 is 13.3 Å². The molecule has 0 spiro atoms. The van der Waals surface area contributed by atoms with E-state index in [4.69, 9.17) is 13.3 Å². The summed E-state index contributed by atoms with van der Waals surface area (Å²) in [5, 5.41) is 0. The predicted molar refractivity (Wildman–Crippen MR) is 151 cm³/mol. The molecule has 0 amide bonds. The zero-order valence-corrected chi connectivity index (χ0v) is 26.7. The van der Waals surface area contributed by atoms with Crippen LogP contribution < -0.4 is 0 Å². The Morgan fingerprint density at radius 3 is 2.09 bits per heavy atom. The van der Waals surface area contributed by atoms with Gasteiger partial charge < -0.3 is 13.3 Å². The molecular weight excluding hydrogens is 469 g/mol. The van der Waals surface area contributed by atoms with Crippen LogP contribution in [-0.4, -0.2) is 31.1 Å². The summed E-state index contributed by atoms with van der Waals surface area (Å²) in [4.78, 5) is 0. The van der Waals surface area contributed by atoms with Crippen molar-refractivity contribution in [1.82, 2.24) is 0 Å². The molecular formula is C28H50O3Si3. The molecule has 3 unspecified atom stereocenters. The summed E-state index contributed by atoms with van der Waals surface area (Å²) in [6.45, 7) is 25.9. The van der Waals surface area contributed by atoms with Crippen LogP contribution in [0.1, 0.15) is 39.5 Å². The fourth-order valence-electron chi connectivity index (χ4n) is 7.48. The minimum absolute atomic E-state index is 0.128. The predicted octanol–water partition coefficient (Wildman–Crippen LogP) is 8.33. The summed E-state index contributed by atoms with van der Waals surface area (Å²) < 4.78 is 20.2. The topological polar surface area (TPSA) is 27.7 Å². The Bertz CT molecular complexity index is 888. The lowest BCUT2D eigenvalue weighted by molar-refractivity contribution is -0.101. The van der Waals surface area contributed by atoms with Gasteiger partial charge in [-0.1, -0.05) is 19.9 Å². The third-order valence-electron chi connectivity index (χ3n) is 8.66. The molecule has 0 aliphatic heterocycles. The Labute approximate surface area is 212 Å². The average Bonchev–Trinajstić information content (AvgIpc) is 2.95. The highest BCUT2D eigenvalue weighted by Gasteiger charge is 2.60. The molecule has 0 heterocycles. The van der Waals surface area contributed by atoms with E-state index in [1.807, 2.05) is 0 Å². The number of hydrogen-bond acceptors (Lipinski definition) is 3. The Morgan fingerprint density at radius 2 is 1.50 bits per heavy atom. The van der Waals surface area contributed by atoms with Crippen LogP contribution >= 0.6 is 0 Å². The largest absolute Gasteiger partial charge is 0.547 e. The SMILES string of the molecule is C[C@]12CCC3C(C[C@@H](O[Si](C)(C)C)[C@@H]4C=C(O[Si](C)(C)C)C=C[C@]34C)C1CC=C2O[Si](C)(C)C. The lowest BCUT2D eigenvalue weighted by atomic mass is 9.46. The lowest BCUT2D eigenvalue weighted by Gasteiger charge is -2.60. The minimum atomic E-state index is -1.69. The zero-order chi connectivity index (χ0) is 25.3. The van der Waals surface area contributed by atoms with Crippen molar-refractivity contribution in [1.29, 1.82) is 0 Å². The molecule has 0 aromatic rings. The molecule has 0 radical (unpaired) electrons. The van der Waals surface area contributed by atoms with Gasteiger partial charge in [-0.25, -0.2) is 0 Å². The zero-order valence-electron chi connectivity index (χ0n) is 23.7. The fraction of sp³-hybridized carbons (Fsp3) is 0.786.